The summed E-state index contributed by atoms with van der Waals surface area (Å²) in [7, 11) is 1.10. The zero-order valence-corrected chi connectivity index (χ0v) is 15.2. The molecule has 0 aliphatic carbocycles. The van der Waals surface area contributed by atoms with Gasteiger partial charge in [0, 0.05) is 13.1 Å². The second-order valence-corrected chi connectivity index (χ2v) is 6.17. The highest BCUT2D eigenvalue weighted by Gasteiger charge is 2.35. The van der Waals surface area contributed by atoms with Gasteiger partial charge in [-0.3, -0.25) is 4.68 Å². The summed E-state index contributed by atoms with van der Waals surface area (Å²) in [5.74, 6) is -0.618. The molecule has 0 saturated carbocycles. The van der Waals surface area contributed by atoms with Gasteiger partial charge in [0.25, 0.3) is 0 Å². The average molecular weight is 437 g/mol. The molecule has 0 bridgehead atoms. The average Bonchev–Trinajstić information content (AvgIpc) is 2.99. The molecule has 0 atom stereocenters. The lowest BCUT2D eigenvalue weighted by atomic mass is 10.2. The molecular formula is C18H11ClF6N2O2. The molecule has 3 aromatic rings. The number of ether oxygens (including phenoxy) is 2. The number of alkyl halides is 6. The van der Waals surface area contributed by atoms with Crippen molar-refractivity contribution in [1.29, 1.82) is 0 Å². The van der Waals surface area contributed by atoms with E-state index in [1.54, 1.807) is 0 Å². The Kier molecular flexibility index (Phi) is 5.40. The molecule has 0 N–H and O–H groups in total. The molecule has 11 heteroatoms. The van der Waals surface area contributed by atoms with Crippen LogP contribution in [0.1, 0.15) is 11.3 Å². The Labute approximate surface area is 165 Å². The highest BCUT2D eigenvalue weighted by molar-refractivity contribution is 6.33. The molecule has 1 aromatic heterocycles. The SMILES string of the molecule is Cn1nc(Oc2cccc(Oc3cccc(C(F)(F)F)c3)c2Cl)cc1C(F)(F)F. The van der Waals surface area contributed by atoms with Crippen molar-refractivity contribution in [1.82, 2.24) is 9.78 Å². The van der Waals surface area contributed by atoms with Crippen molar-refractivity contribution in [2.45, 2.75) is 12.4 Å². The maximum absolute atomic E-state index is 12.9. The van der Waals surface area contributed by atoms with Crippen molar-refractivity contribution in [3.63, 3.8) is 0 Å². The summed E-state index contributed by atoms with van der Waals surface area (Å²) in [6.07, 6.45) is -9.18. The van der Waals surface area contributed by atoms with Crippen LogP contribution in [0.5, 0.6) is 23.1 Å². The Hall–Kier alpha value is -2.88. The van der Waals surface area contributed by atoms with Gasteiger partial charge in [-0.15, -0.1) is 5.10 Å². The van der Waals surface area contributed by atoms with Crippen LogP contribution in [0.15, 0.2) is 48.5 Å². The summed E-state index contributed by atoms with van der Waals surface area (Å²) in [5, 5.41) is 3.47. The third-order valence-electron chi connectivity index (χ3n) is 3.68. The maximum atomic E-state index is 12.9. The number of nitrogens with zero attached hydrogens (tertiary/aromatic N) is 2. The van der Waals surface area contributed by atoms with Crippen molar-refractivity contribution < 1.29 is 35.8 Å². The zero-order valence-electron chi connectivity index (χ0n) is 14.5. The normalized spacial score (nSPS) is 12.1. The number of benzene rings is 2. The van der Waals surface area contributed by atoms with Crippen LogP contribution in [0.25, 0.3) is 0 Å². The minimum Gasteiger partial charge on any atom is -0.456 e. The van der Waals surface area contributed by atoms with Crippen LogP contribution in [-0.4, -0.2) is 9.78 Å². The van der Waals surface area contributed by atoms with Gasteiger partial charge in [0.05, 0.1) is 5.56 Å². The highest BCUT2D eigenvalue weighted by Crippen LogP contribution is 2.40. The summed E-state index contributed by atoms with van der Waals surface area (Å²) in [4.78, 5) is 0. The molecule has 0 aliphatic rings. The fourth-order valence-corrected chi connectivity index (χ4v) is 2.58. The lowest BCUT2D eigenvalue weighted by Crippen LogP contribution is -2.11. The molecule has 0 unspecified atom stereocenters. The quantitative estimate of drug-likeness (QED) is 0.427. The van der Waals surface area contributed by atoms with Gasteiger partial charge >= 0.3 is 12.4 Å². The van der Waals surface area contributed by atoms with E-state index in [9.17, 15) is 26.3 Å². The van der Waals surface area contributed by atoms with E-state index in [2.05, 4.69) is 5.10 Å². The third-order valence-corrected chi connectivity index (χ3v) is 4.05. The fraction of sp³-hybridized carbons (Fsp3) is 0.167. The van der Waals surface area contributed by atoms with E-state index in [1.165, 1.54) is 30.3 Å². The standard InChI is InChI=1S/C18H11ClF6N2O2/c1-27-14(18(23,24)25)9-15(26-27)29-13-7-3-6-12(16(13)19)28-11-5-2-4-10(8-11)17(20,21)22/h2-9H,1H3. The minimum atomic E-state index is -4.62. The molecule has 154 valence electrons. The molecule has 0 spiro atoms. The monoisotopic (exact) mass is 436 g/mol. The van der Waals surface area contributed by atoms with Crippen molar-refractivity contribution in [2.75, 3.05) is 0 Å². The van der Waals surface area contributed by atoms with Gasteiger partial charge in [-0.05, 0) is 30.3 Å². The van der Waals surface area contributed by atoms with Gasteiger partial charge in [0.1, 0.15) is 22.2 Å². The Morgan fingerprint density at radius 3 is 2.07 bits per heavy atom. The zero-order chi connectivity index (χ0) is 21.4. The molecule has 2 aromatic carbocycles. The van der Waals surface area contributed by atoms with Crippen molar-refractivity contribution >= 4 is 11.6 Å². The van der Waals surface area contributed by atoms with E-state index < -0.39 is 23.6 Å². The first-order valence-electron chi connectivity index (χ1n) is 7.88. The summed E-state index contributed by atoms with van der Waals surface area (Å²) in [6.45, 7) is 0. The molecule has 3 rings (SSSR count). The molecule has 0 saturated heterocycles. The number of hydrogen-bond donors (Lipinski definition) is 0. The first kappa shape index (κ1) is 20.8. The van der Waals surface area contributed by atoms with Gasteiger partial charge in [-0.2, -0.15) is 26.3 Å². The second-order valence-electron chi connectivity index (χ2n) is 5.79. The topological polar surface area (TPSA) is 36.3 Å². The number of aryl methyl sites for hydroxylation is 1. The van der Waals surface area contributed by atoms with Crippen molar-refractivity contribution in [3.05, 3.63) is 64.8 Å². The van der Waals surface area contributed by atoms with Gasteiger partial charge in [-0.25, -0.2) is 0 Å². The van der Waals surface area contributed by atoms with Gasteiger partial charge in [0.15, 0.2) is 5.75 Å². The predicted molar refractivity (Wildman–Crippen MR) is 91.3 cm³/mol. The van der Waals surface area contributed by atoms with Gasteiger partial charge in [0.2, 0.25) is 5.88 Å². The Bertz CT molecular complexity index is 1030. The van der Waals surface area contributed by atoms with E-state index in [0.717, 1.165) is 19.2 Å². The molecular weight excluding hydrogens is 426 g/mol. The third kappa shape index (κ3) is 4.76. The molecule has 0 amide bonds. The molecule has 0 aliphatic heterocycles. The summed E-state index contributed by atoms with van der Waals surface area (Å²) in [6, 6.07) is 8.96. The predicted octanol–water partition coefficient (Wildman–Crippen LogP) is 6.70. The minimum absolute atomic E-state index is 0.0459. The van der Waals surface area contributed by atoms with Crippen LogP contribution in [0.2, 0.25) is 5.02 Å². The number of halogens is 7. The number of rotatable bonds is 4. The van der Waals surface area contributed by atoms with Crippen LogP contribution in [0, 0.1) is 0 Å². The molecule has 4 nitrogen and oxygen atoms in total. The summed E-state index contributed by atoms with van der Waals surface area (Å²) < 4.78 is 88.3. The molecule has 1 heterocycles. The smallest absolute Gasteiger partial charge is 0.433 e. The highest BCUT2D eigenvalue weighted by atomic mass is 35.5. The Morgan fingerprint density at radius 2 is 1.48 bits per heavy atom. The molecule has 0 radical (unpaired) electrons. The molecule has 0 fully saturated rings. The van der Waals surface area contributed by atoms with Crippen LogP contribution in [-0.2, 0) is 19.4 Å². The van der Waals surface area contributed by atoms with E-state index in [1.807, 2.05) is 0 Å². The van der Waals surface area contributed by atoms with Crippen LogP contribution < -0.4 is 9.47 Å². The first-order chi connectivity index (χ1) is 13.4. The lowest BCUT2D eigenvalue weighted by Gasteiger charge is -2.12. The van der Waals surface area contributed by atoms with Crippen LogP contribution in [0.4, 0.5) is 26.3 Å². The van der Waals surface area contributed by atoms with Gasteiger partial charge < -0.3 is 9.47 Å². The van der Waals surface area contributed by atoms with E-state index in [0.29, 0.717) is 10.7 Å². The maximum Gasteiger partial charge on any atom is 0.433 e. The van der Waals surface area contributed by atoms with Crippen LogP contribution in [0.3, 0.4) is 0 Å². The molecule has 29 heavy (non-hydrogen) atoms. The lowest BCUT2D eigenvalue weighted by molar-refractivity contribution is -0.143. The number of aromatic nitrogens is 2. The number of hydrogen-bond acceptors (Lipinski definition) is 3. The largest absolute Gasteiger partial charge is 0.456 e. The van der Waals surface area contributed by atoms with Crippen molar-refractivity contribution in [2.24, 2.45) is 7.05 Å². The van der Waals surface area contributed by atoms with Crippen molar-refractivity contribution in [3.8, 4) is 23.1 Å². The van der Waals surface area contributed by atoms with Gasteiger partial charge in [-0.1, -0.05) is 23.7 Å². The Morgan fingerprint density at radius 1 is 0.862 bits per heavy atom. The Balaban J connectivity index is 1.86. The first-order valence-corrected chi connectivity index (χ1v) is 8.25. The second kappa shape index (κ2) is 7.51. The summed E-state index contributed by atoms with van der Waals surface area (Å²) in [5.41, 5.74) is -1.94. The van der Waals surface area contributed by atoms with E-state index in [4.69, 9.17) is 21.1 Å². The van der Waals surface area contributed by atoms with Crippen LogP contribution >= 0.6 is 11.6 Å². The fourth-order valence-electron chi connectivity index (χ4n) is 2.38. The van der Waals surface area contributed by atoms with E-state index >= 15 is 0 Å². The summed E-state index contributed by atoms with van der Waals surface area (Å²) >= 11 is 6.15. The van der Waals surface area contributed by atoms with E-state index in [-0.39, 0.29) is 28.2 Å².